The van der Waals surface area contributed by atoms with E-state index in [2.05, 4.69) is 10.6 Å². The van der Waals surface area contributed by atoms with Gasteiger partial charge in [-0.25, -0.2) is 0 Å². The third kappa shape index (κ3) is 2.31. The van der Waals surface area contributed by atoms with Gasteiger partial charge in [-0.05, 0) is 18.2 Å². The van der Waals surface area contributed by atoms with Crippen LogP contribution in [0.1, 0.15) is 16.8 Å². The Kier molecular flexibility index (Phi) is 3.15. The van der Waals surface area contributed by atoms with Crippen molar-refractivity contribution in [2.24, 2.45) is 0 Å². The normalized spacial score (nSPS) is 17.4. The summed E-state index contributed by atoms with van der Waals surface area (Å²) in [6.45, 7) is 0. The molecule has 88 valence electrons. The van der Waals surface area contributed by atoms with Crippen LogP contribution in [0.5, 0.6) is 0 Å². The maximum atomic E-state index is 12.1. The maximum absolute atomic E-state index is 12.1. The van der Waals surface area contributed by atoms with E-state index in [9.17, 15) is 9.59 Å². The molecule has 17 heavy (non-hydrogen) atoms. The van der Waals surface area contributed by atoms with Gasteiger partial charge >= 0.3 is 0 Å². The van der Waals surface area contributed by atoms with Crippen LogP contribution in [0.15, 0.2) is 30.0 Å². The Balaban J connectivity index is 2.54. The minimum atomic E-state index is -0.221. The van der Waals surface area contributed by atoms with E-state index < -0.39 is 0 Å². The van der Waals surface area contributed by atoms with Gasteiger partial charge in [0.25, 0.3) is 0 Å². The SMILES string of the molecule is CN/C=C1\CC(=O)Nc2cc(Cl)ccc2C1=O. The number of nitrogens with one attached hydrogen (secondary N) is 2. The van der Waals surface area contributed by atoms with Crippen LogP contribution in [0.3, 0.4) is 0 Å². The van der Waals surface area contributed by atoms with Crippen molar-refractivity contribution < 1.29 is 9.59 Å². The zero-order valence-corrected chi connectivity index (χ0v) is 9.97. The Morgan fingerprint density at radius 1 is 1.41 bits per heavy atom. The van der Waals surface area contributed by atoms with Gasteiger partial charge in [-0.2, -0.15) is 0 Å². The zero-order chi connectivity index (χ0) is 12.4. The Hall–Kier alpha value is -1.81. The highest BCUT2D eigenvalue weighted by molar-refractivity contribution is 6.31. The molecule has 0 spiro atoms. The molecule has 0 fully saturated rings. The Labute approximate surface area is 104 Å². The molecule has 1 amide bonds. The van der Waals surface area contributed by atoms with E-state index in [0.717, 1.165) is 0 Å². The van der Waals surface area contributed by atoms with Gasteiger partial charge in [0.15, 0.2) is 5.78 Å². The predicted molar refractivity (Wildman–Crippen MR) is 66.2 cm³/mol. The summed E-state index contributed by atoms with van der Waals surface area (Å²) in [4.78, 5) is 23.8. The highest BCUT2D eigenvalue weighted by Crippen LogP contribution is 2.27. The van der Waals surface area contributed by atoms with Crippen molar-refractivity contribution in [1.82, 2.24) is 5.32 Å². The predicted octanol–water partition coefficient (Wildman–Crippen LogP) is 1.97. The van der Waals surface area contributed by atoms with Crippen LogP contribution in [0.25, 0.3) is 0 Å². The van der Waals surface area contributed by atoms with Crippen molar-refractivity contribution in [3.63, 3.8) is 0 Å². The van der Waals surface area contributed by atoms with Gasteiger partial charge in [-0.3, -0.25) is 9.59 Å². The second-order valence-corrected chi connectivity index (χ2v) is 4.14. The number of rotatable bonds is 1. The van der Waals surface area contributed by atoms with Crippen LogP contribution in [0.4, 0.5) is 5.69 Å². The van der Waals surface area contributed by atoms with E-state index >= 15 is 0 Å². The van der Waals surface area contributed by atoms with E-state index in [-0.39, 0.29) is 18.1 Å². The average Bonchev–Trinajstić information content (AvgIpc) is 2.37. The highest BCUT2D eigenvalue weighted by atomic mass is 35.5. The Bertz CT molecular complexity index is 523. The molecule has 0 radical (unpaired) electrons. The van der Waals surface area contributed by atoms with Gasteiger partial charge in [-0.1, -0.05) is 11.6 Å². The molecule has 1 aliphatic heterocycles. The molecule has 0 unspecified atom stereocenters. The third-order valence-corrected chi connectivity index (χ3v) is 2.70. The number of ketones is 1. The fraction of sp³-hybridized carbons (Fsp3) is 0.167. The second-order valence-electron chi connectivity index (χ2n) is 3.70. The zero-order valence-electron chi connectivity index (χ0n) is 9.21. The summed E-state index contributed by atoms with van der Waals surface area (Å²) < 4.78 is 0. The summed E-state index contributed by atoms with van der Waals surface area (Å²) in [7, 11) is 1.69. The summed E-state index contributed by atoms with van der Waals surface area (Å²) in [6, 6.07) is 4.83. The molecule has 5 heteroatoms. The van der Waals surface area contributed by atoms with Crippen LogP contribution < -0.4 is 10.6 Å². The molecule has 2 N–H and O–H groups in total. The van der Waals surface area contributed by atoms with Gasteiger partial charge in [0.2, 0.25) is 5.91 Å². The number of carbonyl (C=O) groups is 2. The van der Waals surface area contributed by atoms with Crippen LogP contribution in [0.2, 0.25) is 5.02 Å². The number of carbonyl (C=O) groups excluding carboxylic acids is 2. The number of halogens is 1. The minimum Gasteiger partial charge on any atom is -0.394 e. The first kappa shape index (κ1) is 11.7. The molecule has 0 atom stereocenters. The molecule has 1 heterocycles. The molecular formula is C12H11ClN2O2. The summed E-state index contributed by atoms with van der Waals surface area (Å²) >= 11 is 5.83. The summed E-state index contributed by atoms with van der Waals surface area (Å²) in [5.41, 5.74) is 1.36. The minimum absolute atomic E-state index is 0.0615. The number of hydrogen-bond donors (Lipinski definition) is 2. The molecule has 1 aromatic carbocycles. The number of fused-ring (bicyclic) bond motifs is 1. The summed E-state index contributed by atoms with van der Waals surface area (Å²) in [5, 5.41) is 5.92. The van der Waals surface area contributed by atoms with Gasteiger partial charge in [0, 0.05) is 29.4 Å². The van der Waals surface area contributed by atoms with Crippen LogP contribution >= 0.6 is 11.6 Å². The molecule has 0 saturated heterocycles. The first-order valence-corrected chi connectivity index (χ1v) is 5.50. The smallest absolute Gasteiger partial charge is 0.229 e. The number of anilines is 1. The van der Waals surface area contributed by atoms with Crippen LogP contribution in [0, 0.1) is 0 Å². The standard InChI is InChI=1S/C12H11ClN2O2/c1-14-6-7-4-11(16)15-10-5-8(13)2-3-9(10)12(7)17/h2-3,5-6,14H,4H2,1H3,(H,15,16)/b7-6+. The van der Waals surface area contributed by atoms with Crippen molar-refractivity contribution in [2.75, 3.05) is 12.4 Å². The molecule has 4 nitrogen and oxygen atoms in total. The van der Waals surface area contributed by atoms with Crippen LogP contribution in [-0.2, 0) is 4.79 Å². The van der Waals surface area contributed by atoms with E-state index in [1.54, 1.807) is 31.4 Å². The maximum Gasteiger partial charge on any atom is 0.229 e. The lowest BCUT2D eigenvalue weighted by atomic mass is 10.0. The van der Waals surface area contributed by atoms with Crippen molar-refractivity contribution in [3.8, 4) is 0 Å². The van der Waals surface area contributed by atoms with Gasteiger partial charge in [0.05, 0.1) is 12.1 Å². The van der Waals surface area contributed by atoms with E-state index in [1.807, 2.05) is 0 Å². The molecule has 0 bridgehead atoms. The van der Waals surface area contributed by atoms with E-state index in [1.165, 1.54) is 0 Å². The molecule has 1 aliphatic rings. The fourth-order valence-electron chi connectivity index (χ4n) is 1.73. The number of benzene rings is 1. The first-order valence-electron chi connectivity index (χ1n) is 5.12. The van der Waals surface area contributed by atoms with E-state index in [4.69, 9.17) is 11.6 Å². The topological polar surface area (TPSA) is 58.2 Å². The van der Waals surface area contributed by atoms with Crippen molar-refractivity contribution in [2.45, 2.75) is 6.42 Å². The van der Waals surface area contributed by atoms with Crippen LogP contribution in [-0.4, -0.2) is 18.7 Å². The fourth-order valence-corrected chi connectivity index (χ4v) is 1.90. The van der Waals surface area contributed by atoms with Crippen molar-refractivity contribution in [1.29, 1.82) is 0 Å². The molecular weight excluding hydrogens is 240 g/mol. The Morgan fingerprint density at radius 2 is 2.18 bits per heavy atom. The van der Waals surface area contributed by atoms with Gasteiger partial charge < -0.3 is 10.6 Å². The molecule has 0 saturated carbocycles. The largest absolute Gasteiger partial charge is 0.394 e. The first-order chi connectivity index (χ1) is 8.11. The molecule has 2 rings (SSSR count). The van der Waals surface area contributed by atoms with Gasteiger partial charge in [0.1, 0.15) is 0 Å². The van der Waals surface area contributed by atoms with Gasteiger partial charge in [-0.15, -0.1) is 0 Å². The lowest BCUT2D eigenvalue weighted by molar-refractivity contribution is -0.115. The Morgan fingerprint density at radius 3 is 2.88 bits per heavy atom. The monoisotopic (exact) mass is 250 g/mol. The third-order valence-electron chi connectivity index (χ3n) is 2.46. The van der Waals surface area contributed by atoms with Crippen molar-refractivity contribution in [3.05, 3.63) is 40.6 Å². The summed E-state index contributed by atoms with van der Waals surface area (Å²) in [5.74, 6) is -0.384. The summed E-state index contributed by atoms with van der Waals surface area (Å²) in [6.07, 6.45) is 1.61. The number of Topliss-reactive ketones (excluding diaryl/α,β-unsaturated/α-hetero) is 1. The number of hydrogen-bond acceptors (Lipinski definition) is 3. The quantitative estimate of drug-likeness (QED) is 0.750. The molecule has 0 aliphatic carbocycles. The molecule has 1 aromatic rings. The highest BCUT2D eigenvalue weighted by Gasteiger charge is 2.23. The number of amides is 1. The lowest BCUT2D eigenvalue weighted by Gasteiger charge is -2.05. The second kappa shape index (κ2) is 4.59. The lowest BCUT2D eigenvalue weighted by Crippen LogP contribution is -2.11. The van der Waals surface area contributed by atoms with Crippen molar-refractivity contribution >= 4 is 29.0 Å². The average molecular weight is 251 g/mol. The van der Waals surface area contributed by atoms with E-state index in [0.29, 0.717) is 21.8 Å². The molecule has 0 aromatic heterocycles.